The van der Waals surface area contributed by atoms with Gasteiger partial charge in [0.05, 0.1) is 0 Å². The van der Waals surface area contributed by atoms with Gasteiger partial charge in [0, 0.05) is 0 Å². The summed E-state index contributed by atoms with van der Waals surface area (Å²) in [7, 11) is 0. The van der Waals surface area contributed by atoms with E-state index in [2.05, 4.69) is 18.3 Å². The van der Waals surface area contributed by atoms with Crippen LogP contribution in [0.1, 0.15) is 52.4 Å². The molecule has 0 aromatic heterocycles. The summed E-state index contributed by atoms with van der Waals surface area (Å²) in [6, 6.07) is 0. The molecule has 0 spiro atoms. The van der Waals surface area contributed by atoms with E-state index in [0.717, 1.165) is 6.42 Å². The van der Waals surface area contributed by atoms with E-state index in [0.29, 0.717) is 0 Å². The third-order valence-electron chi connectivity index (χ3n) is 1.93. The number of aliphatic hydroxyl groups excluding tert-OH is 1. The second kappa shape index (κ2) is 9.59. The summed E-state index contributed by atoms with van der Waals surface area (Å²) in [4.78, 5) is 0. The van der Waals surface area contributed by atoms with Crippen LogP contribution in [-0.4, -0.2) is 11.3 Å². The fraction of sp³-hybridized carbons (Fsp3) is 0.818. The highest BCUT2D eigenvalue weighted by Gasteiger charge is 1.87. The zero-order chi connectivity index (χ0) is 9.94. The first-order chi connectivity index (χ1) is 6.27. The van der Waals surface area contributed by atoms with Gasteiger partial charge in [-0.25, -0.2) is 0 Å². The van der Waals surface area contributed by atoms with Crippen molar-refractivity contribution in [3.63, 3.8) is 0 Å². The number of hydrogen-bond acceptors (Lipinski definition) is 2. The summed E-state index contributed by atoms with van der Waals surface area (Å²) in [5, 5.41) is 11.7. The second-order valence-electron chi connectivity index (χ2n) is 3.45. The minimum absolute atomic E-state index is 0.434. The van der Waals surface area contributed by atoms with Crippen molar-refractivity contribution in [1.29, 1.82) is 0 Å². The Labute approximate surface area is 82.0 Å². The van der Waals surface area contributed by atoms with Gasteiger partial charge in [-0.05, 0) is 26.0 Å². The molecular weight excluding hydrogens is 162 g/mol. The molecule has 0 aromatic carbocycles. The first-order valence-electron chi connectivity index (χ1n) is 5.36. The van der Waals surface area contributed by atoms with Gasteiger partial charge in [-0.3, -0.25) is 0 Å². The molecule has 0 radical (unpaired) electrons. The van der Waals surface area contributed by atoms with Crippen LogP contribution in [0.4, 0.5) is 0 Å². The maximum atomic E-state index is 8.86. The average molecular weight is 185 g/mol. The molecule has 78 valence electrons. The summed E-state index contributed by atoms with van der Waals surface area (Å²) in [6.45, 7) is 3.94. The molecular formula is C11H23NO. The minimum Gasteiger partial charge on any atom is -0.374 e. The summed E-state index contributed by atoms with van der Waals surface area (Å²) < 4.78 is 0. The Morgan fingerprint density at radius 2 is 1.92 bits per heavy atom. The van der Waals surface area contributed by atoms with Crippen molar-refractivity contribution in [3.05, 3.63) is 12.3 Å². The molecule has 0 aliphatic carbocycles. The molecule has 0 aromatic rings. The van der Waals surface area contributed by atoms with Crippen LogP contribution in [0, 0.1) is 0 Å². The molecule has 0 heterocycles. The van der Waals surface area contributed by atoms with Gasteiger partial charge in [-0.2, -0.15) is 0 Å². The molecule has 1 atom stereocenters. The van der Waals surface area contributed by atoms with Crippen molar-refractivity contribution in [2.24, 2.45) is 0 Å². The molecule has 1 unspecified atom stereocenters. The Morgan fingerprint density at radius 1 is 1.23 bits per heavy atom. The van der Waals surface area contributed by atoms with Crippen molar-refractivity contribution < 1.29 is 5.11 Å². The number of unbranched alkanes of at least 4 members (excludes halogenated alkanes) is 5. The molecule has 0 bridgehead atoms. The standard InChI is InChI=1S/C11H23NO/c1-3-4-5-6-7-8-9-10-12-11(2)13/h9-13H,3-8H2,1-2H3. The lowest BCUT2D eigenvalue weighted by Crippen LogP contribution is -2.18. The summed E-state index contributed by atoms with van der Waals surface area (Å²) in [5.74, 6) is 0. The largest absolute Gasteiger partial charge is 0.374 e. The van der Waals surface area contributed by atoms with Crippen LogP contribution in [0.2, 0.25) is 0 Å². The third kappa shape index (κ3) is 11.5. The van der Waals surface area contributed by atoms with E-state index in [9.17, 15) is 0 Å². The highest BCUT2D eigenvalue weighted by atomic mass is 16.3. The Kier molecular flexibility index (Phi) is 9.22. The maximum absolute atomic E-state index is 8.86. The van der Waals surface area contributed by atoms with Crippen molar-refractivity contribution in [2.75, 3.05) is 0 Å². The van der Waals surface area contributed by atoms with E-state index in [4.69, 9.17) is 5.11 Å². The van der Waals surface area contributed by atoms with Crippen LogP contribution in [0.3, 0.4) is 0 Å². The molecule has 0 fully saturated rings. The van der Waals surface area contributed by atoms with Crippen molar-refractivity contribution in [1.82, 2.24) is 5.32 Å². The van der Waals surface area contributed by atoms with E-state index in [1.807, 2.05) is 6.20 Å². The Hall–Kier alpha value is -0.500. The van der Waals surface area contributed by atoms with Crippen LogP contribution in [0.5, 0.6) is 0 Å². The predicted octanol–water partition coefficient (Wildman–Crippen LogP) is 2.79. The zero-order valence-electron chi connectivity index (χ0n) is 8.92. The van der Waals surface area contributed by atoms with Crippen LogP contribution in [0.25, 0.3) is 0 Å². The minimum atomic E-state index is -0.434. The van der Waals surface area contributed by atoms with Gasteiger partial charge in [0.1, 0.15) is 6.23 Å². The molecule has 0 rings (SSSR count). The van der Waals surface area contributed by atoms with Crippen molar-refractivity contribution in [3.8, 4) is 0 Å². The van der Waals surface area contributed by atoms with Crippen LogP contribution in [-0.2, 0) is 0 Å². The van der Waals surface area contributed by atoms with E-state index in [-0.39, 0.29) is 0 Å². The highest BCUT2D eigenvalue weighted by molar-refractivity contribution is 4.79. The molecule has 0 saturated heterocycles. The average Bonchev–Trinajstić information content (AvgIpc) is 2.09. The molecule has 2 nitrogen and oxygen atoms in total. The van der Waals surface area contributed by atoms with E-state index in [1.54, 1.807) is 6.92 Å². The topological polar surface area (TPSA) is 32.3 Å². The van der Waals surface area contributed by atoms with Gasteiger partial charge >= 0.3 is 0 Å². The number of allylic oxidation sites excluding steroid dienone is 1. The summed E-state index contributed by atoms with van der Waals surface area (Å²) in [6.07, 6.45) is 11.2. The van der Waals surface area contributed by atoms with Gasteiger partial charge in [0.2, 0.25) is 0 Å². The molecule has 0 saturated carbocycles. The van der Waals surface area contributed by atoms with Gasteiger partial charge in [0.15, 0.2) is 0 Å². The molecule has 0 aliphatic rings. The normalized spacial score (nSPS) is 13.5. The fourth-order valence-electron chi connectivity index (χ4n) is 1.16. The molecule has 2 heteroatoms. The molecule has 0 aliphatic heterocycles. The molecule has 13 heavy (non-hydrogen) atoms. The molecule has 2 N–H and O–H groups in total. The highest BCUT2D eigenvalue weighted by Crippen LogP contribution is 2.04. The quantitative estimate of drug-likeness (QED) is 0.450. The van der Waals surface area contributed by atoms with Gasteiger partial charge in [0.25, 0.3) is 0 Å². The lowest BCUT2D eigenvalue weighted by molar-refractivity contribution is 0.173. The Bertz CT molecular complexity index is 121. The van der Waals surface area contributed by atoms with Crippen molar-refractivity contribution >= 4 is 0 Å². The number of nitrogens with one attached hydrogen (secondary N) is 1. The van der Waals surface area contributed by atoms with E-state index >= 15 is 0 Å². The third-order valence-corrected chi connectivity index (χ3v) is 1.93. The Morgan fingerprint density at radius 3 is 2.54 bits per heavy atom. The lowest BCUT2D eigenvalue weighted by Gasteiger charge is -2.01. The fourth-order valence-corrected chi connectivity index (χ4v) is 1.16. The van der Waals surface area contributed by atoms with Crippen LogP contribution < -0.4 is 5.32 Å². The predicted molar refractivity (Wildman–Crippen MR) is 57.3 cm³/mol. The molecule has 0 amide bonds. The van der Waals surface area contributed by atoms with Crippen LogP contribution >= 0.6 is 0 Å². The van der Waals surface area contributed by atoms with Crippen molar-refractivity contribution in [2.45, 2.75) is 58.6 Å². The van der Waals surface area contributed by atoms with Crippen LogP contribution in [0.15, 0.2) is 12.3 Å². The zero-order valence-corrected chi connectivity index (χ0v) is 8.92. The smallest absolute Gasteiger partial charge is 0.121 e. The lowest BCUT2D eigenvalue weighted by atomic mass is 10.1. The first kappa shape index (κ1) is 12.5. The Balaban J connectivity index is 3.02. The monoisotopic (exact) mass is 185 g/mol. The number of hydrogen-bond donors (Lipinski definition) is 2. The second-order valence-corrected chi connectivity index (χ2v) is 3.45. The maximum Gasteiger partial charge on any atom is 0.121 e. The SMILES string of the molecule is CCCCCCCC=CNC(C)O. The summed E-state index contributed by atoms with van der Waals surface area (Å²) >= 11 is 0. The van der Waals surface area contributed by atoms with Gasteiger partial charge in [-0.15, -0.1) is 0 Å². The van der Waals surface area contributed by atoms with E-state index < -0.39 is 6.23 Å². The number of aliphatic hydroxyl groups is 1. The number of rotatable bonds is 8. The van der Waals surface area contributed by atoms with E-state index in [1.165, 1.54) is 32.1 Å². The van der Waals surface area contributed by atoms with Gasteiger partial charge in [-0.1, -0.05) is 38.7 Å². The summed E-state index contributed by atoms with van der Waals surface area (Å²) in [5.41, 5.74) is 0. The van der Waals surface area contributed by atoms with Gasteiger partial charge < -0.3 is 10.4 Å². The first-order valence-corrected chi connectivity index (χ1v) is 5.36.